The van der Waals surface area contributed by atoms with Crippen LogP contribution in [0, 0.1) is 0 Å². The number of piperidine rings is 1. The minimum atomic E-state index is 0.629. The van der Waals surface area contributed by atoms with Gasteiger partial charge in [0.2, 0.25) is 0 Å². The van der Waals surface area contributed by atoms with Gasteiger partial charge in [-0.1, -0.05) is 30.3 Å². The van der Waals surface area contributed by atoms with Crippen LogP contribution in [0.1, 0.15) is 24.0 Å². The molecular weight excluding hydrogens is 270 g/mol. The molecular formula is C19H23N3. The molecule has 2 aliphatic rings. The van der Waals surface area contributed by atoms with Gasteiger partial charge in [-0.2, -0.15) is 0 Å². The molecule has 1 N–H and O–H groups in total. The van der Waals surface area contributed by atoms with Crippen molar-refractivity contribution >= 4 is 5.82 Å². The minimum absolute atomic E-state index is 0.629. The molecule has 0 spiro atoms. The fourth-order valence-electron chi connectivity index (χ4n) is 3.83. The summed E-state index contributed by atoms with van der Waals surface area (Å²) in [4.78, 5) is 6.87. The van der Waals surface area contributed by atoms with Crippen molar-refractivity contribution in [1.82, 2.24) is 10.3 Å². The summed E-state index contributed by atoms with van der Waals surface area (Å²) >= 11 is 0. The van der Waals surface area contributed by atoms with Crippen LogP contribution in [-0.2, 0) is 12.8 Å². The molecule has 1 saturated heterocycles. The molecule has 1 aliphatic heterocycles. The lowest BCUT2D eigenvalue weighted by atomic mass is 10.0. The Morgan fingerprint density at radius 1 is 0.864 bits per heavy atom. The number of nitrogens with one attached hydrogen (secondary N) is 1. The van der Waals surface area contributed by atoms with E-state index in [1.54, 1.807) is 0 Å². The maximum absolute atomic E-state index is 4.46. The van der Waals surface area contributed by atoms with Gasteiger partial charge >= 0.3 is 0 Å². The second-order valence-corrected chi connectivity index (χ2v) is 6.49. The minimum Gasteiger partial charge on any atom is -0.357 e. The summed E-state index contributed by atoms with van der Waals surface area (Å²) in [5, 5.41) is 3.89. The zero-order chi connectivity index (χ0) is 14.8. The van der Waals surface area contributed by atoms with E-state index in [1.807, 2.05) is 12.3 Å². The monoisotopic (exact) mass is 293 g/mol. The van der Waals surface area contributed by atoms with Crippen LogP contribution in [0.3, 0.4) is 0 Å². The fourth-order valence-corrected chi connectivity index (χ4v) is 3.83. The largest absolute Gasteiger partial charge is 0.357 e. The van der Waals surface area contributed by atoms with Gasteiger partial charge in [0, 0.05) is 31.4 Å². The SMILES string of the molecule is c1ccc(N2CCC(NC3Cc4ccccc4C3)CC2)nc1. The number of rotatable bonds is 3. The first kappa shape index (κ1) is 13.8. The predicted molar refractivity (Wildman–Crippen MR) is 90.2 cm³/mol. The van der Waals surface area contributed by atoms with Crippen LogP contribution in [-0.4, -0.2) is 30.2 Å². The fraction of sp³-hybridized carbons (Fsp3) is 0.421. The van der Waals surface area contributed by atoms with Crippen molar-refractivity contribution in [2.75, 3.05) is 18.0 Å². The number of hydrogen-bond donors (Lipinski definition) is 1. The van der Waals surface area contributed by atoms with E-state index in [4.69, 9.17) is 0 Å². The highest BCUT2D eigenvalue weighted by molar-refractivity contribution is 5.38. The second-order valence-electron chi connectivity index (χ2n) is 6.49. The number of aromatic nitrogens is 1. The Labute approximate surface area is 132 Å². The van der Waals surface area contributed by atoms with Gasteiger partial charge in [0.1, 0.15) is 5.82 Å². The van der Waals surface area contributed by atoms with E-state index in [2.05, 4.69) is 51.6 Å². The molecule has 1 fully saturated rings. The zero-order valence-corrected chi connectivity index (χ0v) is 12.9. The predicted octanol–water partition coefficient (Wildman–Crippen LogP) is 2.81. The van der Waals surface area contributed by atoms with Crippen LogP contribution in [0.5, 0.6) is 0 Å². The Bertz CT molecular complexity index is 593. The summed E-state index contributed by atoms with van der Waals surface area (Å²) in [6, 6.07) is 16.3. The van der Waals surface area contributed by atoms with E-state index in [1.165, 1.54) is 36.8 Å². The first-order valence-electron chi connectivity index (χ1n) is 8.37. The molecule has 4 rings (SSSR count). The second kappa shape index (κ2) is 6.09. The van der Waals surface area contributed by atoms with E-state index in [0.717, 1.165) is 18.9 Å². The third-order valence-corrected chi connectivity index (χ3v) is 4.99. The van der Waals surface area contributed by atoms with Crippen molar-refractivity contribution in [3.8, 4) is 0 Å². The third-order valence-electron chi connectivity index (χ3n) is 4.99. The van der Waals surface area contributed by atoms with Crippen LogP contribution < -0.4 is 10.2 Å². The van der Waals surface area contributed by atoms with Gasteiger partial charge in [-0.15, -0.1) is 0 Å². The molecule has 0 radical (unpaired) electrons. The first-order valence-corrected chi connectivity index (χ1v) is 8.37. The molecule has 0 amide bonds. The molecule has 1 aromatic heterocycles. The number of pyridine rings is 1. The van der Waals surface area contributed by atoms with Gasteiger partial charge in [-0.25, -0.2) is 4.98 Å². The van der Waals surface area contributed by atoms with E-state index >= 15 is 0 Å². The smallest absolute Gasteiger partial charge is 0.128 e. The first-order chi connectivity index (χ1) is 10.9. The number of anilines is 1. The van der Waals surface area contributed by atoms with Crippen LogP contribution in [0.4, 0.5) is 5.82 Å². The van der Waals surface area contributed by atoms with Gasteiger partial charge in [0.05, 0.1) is 0 Å². The van der Waals surface area contributed by atoms with Crippen molar-refractivity contribution in [3.05, 3.63) is 59.8 Å². The Morgan fingerprint density at radius 3 is 2.18 bits per heavy atom. The quantitative estimate of drug-likeness (QED) is 0.943. The molecule has 22 heavy (non-hydrogen) atoms. The van der Waals surface area contributed by atoms with E-state index in [9.17, 15) is 0 Å². The standard InChI is InChI=1S/C19H23N3/c1-2-6-16-14-18(13-15(16)5-1)21-17-8-11-22(12-9-17)19-7-3-4-10-20-19/h1-7,10,17-18,21H,8-9,11-14H2. The van der Waals surface area contributed by atoms with Crippen molar-refractivity contribution in [2.45, 2.75) is 37.8 Å². The molecule has 2 aromatic rings. The van der Waals surface area contributed by atoms with E-state index in [-0.39, 0.29) is 0 Å². The highest BCUT2D eigenvalue weighted by atomic mass is 15.2. The molecule has 3 nitrogen and oxygen atoms in total. The Balaban J connectivity index is 1.30. The number of fused-ring (bicyclic) bond motifs is 1. The molecule has 1 aromatic carbocycles. The van der Waals surface area contributed by atoms with Crippen molar-refractivity contribution in [2.24, 2.45) is 0 Å². The average molecular weight is 293 g/mol. The summed E-state index contributed by atoms with van der Waals surface area (Å²) in [6.45, 7) is 2.21. The number of nitrogens with zero attached hydrogens (tertiary/aromatic N) is 2. The van der Waals surface area contributed by atoms with Crippen LogP contribution in [0.25, 0.3) is 0 Å². The van der Waals surface area contributed by atoms with Gasteiger partial charge < -0.3 is 10.2 Å². The highest BCUT2D eigenvalue weighted by Gasteiger charge is 2.26. The van der Waals surface area contributed by atoms with Gasteiger partial charge in [-0.3, -0.25) is 0 Å². The van der Waals surface area contributed by atoms with Gasteiger partial charge in [-0.05, 0) is 48.9 Å². The van der Waals surface area contributed by atoms with E-state index in [0.29, 0.717) is 12.1 Å². The van der Waals surface area contributed by atoms with Crippen LogP contribution >= 0.6 is 0 Å². The highest BCUT2D eigenvalue weighted by Crippen LogP contribution is 2.24. The summed E-state index contributed by atoms with van der Waals surface area (Å²) in [7, 11) is 0. The summed E-state index contributed by atoms with van der Waals surface area (Å²) in [5.41, 5.74) is 3.07. The number of benzene rings is 1. The lowest BCUT2D eigenvalue weighted by Gasteiger charge is -2.34. The molecule has 3 heteroatoms. The van der Waals surface area contributed by atoms with Crippen LogP contribution in [0.15, 0.2) is 48.7 Å². The molecule has 2 heterocycles. The normalized spacial score (nSPS) is 19.4. The maximum atomic E-state index is 4.46. The van der Waals surface area contributed by atoms with E-state index < -0.39 is 0 Å². The van der Waals surface area contributed by atoms with Crippen molar-refractivity contribution < 1.29 is 0 Å². The maximum Gasteiger partial charge on any atom is 0.128 e. The van der Waals surface area contributed by atoms with Crippen LogP contribution in [0.2, 0.25) is 0 Å². The average Bonchev–Trinajstić information content (AvgIpc) is 2.98. The molecule has 0 saturated carbocycles. The summed E-state index contributed by atoms with van der Waals surface area (Å²) in [6.07, 6.45) is 6.69. The number of hydrogen-bond acceptors (Lipinski definition) is 3. The topological polar surface area (TPSA) is 28.2 Å². The summed E-state index contributed by atoms with van der Waals surface area (Å²) in [5.74, 6) is 1.12. The lowest BCUT2D eigenvalue weighted by Crippen LogP contribution is -2.46. The molecule has 0 atom stereocenters. The van der Waals surface area contributed by atoms with Crippen molar-refractivity contribution in [1.29, 1.82) is 0 Å². The lowest BCUT2D eigenvalue weighted by molar-refractivity contribution is 0.369. The van der Waals surface area contributed by atoms with Crippen molar-refractivity contribution in [3.63, 3.8) is 0 Å². The Morgan fingerprint density at radius 2 is 1.55 bits per heavy atom. The molecule has 114 valence electrons. The molecule has 0 unspecified atom stereocenters. The molecule has 0 bridgehead atoms. The van der Waals surface area contributed by atoms with Gasteiger partial charge in [0.15, 0.2) is 0 Å². The Hall–Kier alpha value is -1.87. The van der Waals surface area contributed by atoms with Gasteiger partial charge in [0.25, 0.3) is 0 Å². The Kier molecular flexibility index (Phi) is 3.81. The third kappa shape index (κ3) is 2.86. The zero-order valence-electron chi connectivity index (χ0n) is 12.9. The molecule has 1 aliphatic carbocycles. The summed E-state index contributed by atoms with van der Waals surface area (Å²) < 4.78 is 0.